The van der Waals surface area contributed by atoms with Crippen molar-refractivity contribution in [2.24, 2.45) is 11.3 Å². The van der Waals surface area contributed by atoms with Crippen LogP contribution in [0.2, 0.25) is 0 Å². The normalized spacial score (nSPS) is 19.1. The van der Waals surface area contributed by atoms with Gasteiger partial charge in [0.2, 0.25) is 0 Å². The maximum Gasteiger partial charge on any atom is 0.110 e. The highest BCUT2D eigenvalue weighted by molar-refractivity contribution is 7.79. The number of nitrogens with zero attached hydrogens (tertiary/aromatic N) is 1. The van der Waals surface area contributed by atoms with E-state index >= 15 is 0 Å². The Bertz CT molecular complexity index is 1060. The zero-order valence-corrected chi connectivity index (χ0v) is 28.2. The van der Waals surface area contributed by atoms with E-state index in [-0.39, 0.29) is 16.9 Å². The molecule has 2 heterocycles. The summed E-state index contributed by atoms with van der Waals surface area (Å²) in [5.41, 5.74) is 8.33. The van der Waals surface area contributed by atoms with Crippen LogP contribution >= 0.6 is 12.6 Å². The lowest BCUT2D eigenvalue weighted by Gasteiger charge is -2.36. The number of fused-ring (bicyclic) bond motifs is 3. The fourth-order valence-electron chi connectivity index (χ4n) is 4.98. The second kappa shape index (κ2) is 16.0. The van der Waals surface area contributed by atoms with Gasteiger partial charge in [0.25, 0.3) is 0 Å². The van der Waals surface area contributed by atoms with Crippen LogP contribution in [0.5, 0.6) is 0 Å². The topological polar surface area (TPSA) is 62.6 Å². The Morgan fingerprint density at radius 3 is 2.02 bits per heavy atom. The number of hydrogen-bond donors (Lipinski definition) is 3. The molecule has 4 rings (SSSR count). The molecule has 2 atom stereocenters. The molecule has 0 spiro atoms. The number of aliphatic hydroxyl groups excluding tert-OH is 2. The van der Waals surface area contributed by atoms with Crippen molar-refractivity contribution in [2.75, 3.05) is 6.26 Å². The largest absolute Gasteiger partial charge is 0.516 e. The summed E-state index contributed by atoms with van der Waals surface area (Å²) < 4.78 is 6.34. The van der Waals surface area contributed by atoms with Crippen LogP contribution in [0.25, 0.3) is 0 Å². The van der Waals surface area contributed by atoms with Crippen LogP contribution in [0.15, 0.2) is 36.6 Å². The first kappa shape index (κ1) is 36.2. The van der Waals surface area contributed by atoms with E-state index in [9.17, 15) is 5.11 Å². The molecule has 1 aromatic carbocycles. The van der Waals surface area contributed by atoms with Crippen LogP contribution in [0.4, 0.5) is 0 Å². The minimum Gasteiger partial charge on any atom is -0.516 e. The lowest BCUT2D eigenvalue weighted by atomic mass is 9.72. The highest BCUT2D eigenvalue weighted by atomic mass is 32.1. The summed E-state index contributed by atoms with van der Waals surface area (Å²) in [6.45, 7) is 24.5. The van der Waals surface area contributed by atoms with Gasteiger partial charge in [0.15, 0.2) is 0 Å². The van der Waals surface area contributed by atoms with Gasteiger partial charge in [0.1, 0.15) is 6.10 Å². The zero-order chi connectivity index (χ0) is 30.8. The summed E-state index contributed by atoms with van der Waals surface area (Å²) in [4.78, 5) is 5.12. The second-order valence-electron chi connectivity index (χ2n) is 13.3. The van der Waals surface area contributed by atoms with Crippen molar-refractivity contribution >= 4 is 12.6 Å². The Morgan fingerprint density at radius 2 is 1.60 bits per heavy atom. The Balaban J connectivity index is 0.000000627. The van der Waals surface area contributed by atoms with Crippen molar-refractivity contribution in [2.45, 2.75) is 126 Å². The number of allylic oxidation sites excluding steroid dienone is 1. The number of rotatable bonds is 3. The minimum absolute atomic E-state index is 0.0730. The molecule has 0 saturated heterocycles. The second-order valence-corrected chi connectivity index (χ2v) is 13.3. The van der Waals surface area contributed by atoms with Crippen LogP contribution in [0, 0.1) is 11.3 Å². The summed E-state index contributed by atoms with van der Waals surface area (Å²) in [7, 11) is 0. The van der Waals surface area contributed by atoms with Crippen LogP contribution in [0.3, 0.4) is 0 Å². The first-order valence-corrected chi connectivity index (χ1v) is 15.7. The van der Waals surface area contributed by atoms with Gasteiger partial charge in [-0.1, -0.05) is 106 Å². The Kier molecular flexibility index (Phi) is 14.5. The van der Waals surface area contributed by atoms with E-state index in [1.54, 1.807) is 19.3 Å². The maximum absolute atomic E-state index is 11.0. The molecule has 40 heavy (non-hydrogen) atoms. The monoisotopic (exact) mass is 571 g/mol. The molecular weight excluding hydrogens is 514 g/mol. The van der Waals surface area contributed by atoms with Gasteiger partial charge in [-0.15, -0.1) is 0 Å². The smallest absolute Gasteiger partial charge is 0.110 e. The van der Waals surface area contributed by atoms with Crippen molar-refractivity contribution in [3.63, 3.8) is 0 Å². The minimum atomic E-state index is -0.457. The predicted octanol–water partition coefficient (Wildman–Crippen LogP) is 9.80. The highest BCUT2D eigenvalue weighted by Crippen LogP contribution is 2.48. The van der Waals surface area contributed by atoms with Gasteiger partial charge in [-0.3, -0.25) is 4.98 Å². The molecule has 1 aliphatic carbocycles. The SMILES string of the molecule is C/C=C/O.CC(C)c1nc2c(c3c1C(c1ccc(C(C)(C)C)cc1)OC3)C(O)CC(C)(C)C2.CCC(C)C.CS. The van der Waals surface area contributed by atoms with Gasteiger partial charge >= 0.3 is 0 Å². The molecule has 0 bridgehead atoms. The van der Waals surface area contributed by atoms with Crippen LogP contribution in [0.1, 0.15) is 146 Å². The zero-order valence-electron chi connectivity index (χ0n) is 27.3. The first-order valence-electron chi connectivity index (χ1n) is 14.8. The lowest BCUT2D eigenvalue weighted by molar-refractivity contribution is 0.0848. The average molecular weight is 572 g/mol. The van der Waals surface area contributed by atoms with Gasteiger partial charge in [-0.05, 0) is 65.4 Å². The molecule has 1 aromatic heterocycles. The Labute approximate surface area is 251 Å². The number of aliphatic hydroxyl groups is 2. The summed E-state index contributed by atoms with van der Waals surface area (Å²) in [6, 6.07) is 8.83. The molecular formula is C35H57NO3S. The molecule has 5 heteroatoms. The number of benzene rings is 1. The molecule has 226 valence electrons. The van der Waals surface area contributed by atoms with Crippen molar-refractivity contribution in [1.82, 2.24) is 4.98 Å². The third-order valence-corrected chi connectivity index (χ3v) is 7.47. The van der Waals surface area contributed by atoms with E-state index in [4.69, 9.17) is 14.8 Å². The number of aromatic nitrogens is 1. The van der Waals surface area contributed by atoms with E-state index in [2.05, 4.69) is 106 Å². The van der Waals surface area contributed by atoms with Crippen molar-refractivity contribution in [3.8, 4) is 0 Å². The Morgan fingerprint density at radius 1 is 1.07 bits per heavy atom. The van der Waals surface area contributed by atoms with Crippen molar-refractivity contribution < 1.29 is 14.9 Å². The summed E-state index contributed by atoms with van der Waals surface area (Å²) in [6.07, 6.45) is 6.69. The van der Waals surface area contributed by atoms with Crippen LogP contribution in [-0.4, -0.2) is 21.5 Å². The molecule has 0 saturated carbocycles. The summed E-state index contributed by atoms with van der Waals surface area (Å²) in [5, 5.41) is 18.7. The van der Waals surface area contributed by atoms with E-state index in [1.807, 2.05) is 0 Å². The Hall–Kier alpha value is -1.82. The van der Waals surface area contributed by atoms with Gasteiger partial charge in [-0.2, -0.15) is 12.6 Å². The standard InChI is InChI=1S/C26H35NO2.C5H12.C3H6O.CH4S/c1-15(2)23-22-18(21-19(27-23)12-26(6,7)13-20(21)28)14-29-24(22)16-8-10-17(11-9-16)25(3,4)5;1-4-5(2)3;1-2-3-4;1-2/h8-11,15,20,24,28H,12-14H2,1-7H3;5H,4H2,1-3H3;2-4H,1H3;2H,1H3/b;;3-2+;. The third-order valence-electron chi connectivity index (χ3n) is 7.47. The quantitative estimate of drug-likeness (QED) is 0.253. The number of pyridine rings is 1. The molecule has 2 aliphatic rings. The van der Waals surface area contributed by atoms with Crippen molar-refractivity contribution in [1.29, 1.82) is 0 Å². The number of ether oxygens (including phenoxy) is 1. The molecule has 1 aliphatic heterocycles. The molecule has 4 nitrogen and oxygen atoms in total. The molecule has 0 amide bonds. The van der Waals surface area contributed by atoms with Crippen LogP contribution < -0.4 is 0 Å². The molecule has 2 unspecified atom stereocenters. The highest BCUT2D eigenvalue weighted by Gasteiger charge is 2.40. The molecule has 0 fully saturated rings. The fraction of sp³-hybridized carbons (Fsp3) is 0.629. The van der Waals surface area contributed by atoms with E-state index in [0.29, 0.717) is 12.5 Å². The van der Waals surface area contributed by atoms with Gasteiger partial charge in [0.05, 0.1) is 19.0 Å². The predicted molar refractivity (Wildman–Crippen MR) is 175 cm³/mol. The lowest BCUT2D eigenvalue weighted by Crippen LogP contribution is -2.28. The van der Waals surface area contributed by atoms with Crippen LogP contribution in [-0.2, 0) is 23.2 Å². The van der Waals surface area contributed by atoms with Gasteiger partial charge in [-0.25, -0.2) is 0 Å². The van der Waals surface area contributed by atoms with E-state index < -0.39 is 6.10 Å². The van der Waals surface area contributed by atoms with E-state index in [1.165, 1.54) is 28.7 Å². The first-order chi connectivity index (χ1) is 18.7. The van der Waals surface area contributed by atoms with Crippen molar-refractivity contribution in [3.05, 3.63) is 75.8 Å². The van der Waals surface area contributed by atoms with E-state index in [0.717, 1.165) is 42.0 Å². The average Bonchev–Trinajstić information content (AvgIpc) is 3.33. The molecule has 0 radical (unpaired) electrons. The number of hydrogen-bond acceptors (Lipinski definition) is 5. The third kappa shape index (κ3) is 9.63. The fourth-order valence-corrected chi connectivity index (χ4v) is 4.98. The molecule has 2 N–H and O–H groups in total. The summed E-state index contributed by atoms with van der Waals surface area (Å²) >= 11 is 3.53. The van der Waals surface area contributed by atoms with Gasteiger partial charge in [0, 0.05) is 22.5 Å². The molecule has 2 aromatic rings. The number of thiol groups is 1. The maximum atomic E-state index is 11.0. The summed E-state index contributed by atoms with van der Waals surface area (Å²) in [5.74, 6) is 1.20. The van der Waals surface area contributed by atoms with Gasteiger partial charge < -0.3 is 14.9 Å².